The van der Waals surface area contributed by atoms with Crippen LogP contribution in [0.4, 0.5) is 4.79 Å². The topological polar surface area (TPSA) is 106 Å². The Kier molecular flexibility index (Phi) is 15.6. The predicted molar refractivity (Wildman–Crippen MR) is 131 cm³/mol. The Balaban J connectivity index is 4.24. The number of nitrogens with one attached hydrogen (secondary N) is 2. The fraction of sp³-hybridized carbons (Fsp3) is 0.917. The number of unbranched alkanes of at least 4 members (excludes halogenated alkanes) is 2. The zero-order chi connectivity index (χ0) is 24.6. The van der Waals surface area contributed by atoms with Crippen molar-refractivity contribution in [2.45, 2.75) is 104 Å². The van der Waals surface area contributed by atoms with Gasteiger partial charge in [0.15, 0.2) is 0 Å². The van der Waals surface area contributed by atoms with Crippen molar-refractivity contribution in [1.29, 1.82) is 0 Å². The summed E-state index contributed by atoms with van der Waals surface area (Å²) in [7, 11) is 0. The smallest absolute Gasteiger partial charge is 0.410 e. The predicted octanol–water partition coefficient (Wildman–Crippen LogP) is 3.43. The minimum absolute atomic E-state index is 0.268. The van der Waals surface area contributed by atoms with Crippen LogP contribution in [0, 0.1) is 0 Å². The average molecular weight is 459 g/mol. The van der Waals surface area contributed by atoms with Crippen molar-refractivity contribution in [3.63, 3.8) is 0 Å². The van der Waals surface area contributed by atoms with Crippen molar-refractivity contribution in [2.75, 3.05) is 39.3 Å². The summed E-state index contributed by atoms with van der Waals surface area (Å²) < 4.78 is 10.9. The molecule has 190 valence electrons. The Hall–Kier alpha value is -1.38. The molecule has 1 atom stereocenters. The summed E-state index contributed by atoms with van der Waals surface area (Å²) in [5.74, 6) is -0.376. The van der Waals surface area contributed by atoms with Gasteiger partial charge in [-0.2, -0.15) is 0 Å². The van der Waals surface area contributed by atoms with Crippen LogP contribution in [0.3, 0.4) is 0 Å². The summed E-state index contributed by atoms with van der Waals surface area (Å²) in [6.07, 6.45) is 5.58. The first-order valence-corrected chi connectivity index (χ1v) is 12.2. The van der Waals surface area contributed by atoms with Gasteiger partial charge in [0, 0.05) is 13.1 Å². The molecular weight excluding hydrogens is 408 g/mol. The van der Waals surface area contributed by atoms with E-state index in [-0.39, 0.29) is 12.1 Å². The number of nitrogens with two attached hydrogens (primary N) is 1. The minimum atomic E-state index is -0.634. The third-order valence-corrected chi connectivity index (χ3v) is 4.51. The molecule has 0 aromatic carbocycles. The molecule has 0 aliphatic heterocycles. The third kappa shape index (κ3) is 18.2. The maximum atomic E-state index is 12.6. The van der Waals surface area contributed by atoms with Crippen molar-refractivity contribution >= 4 is 12.1 Å². The van der Waals surface area contributed by atoms with Gasteiger partial charge in [-0.15, -0.1) is 0 Å². The molecule has 0 rings (SSSR count). The van der Waals surface area contributed by atoms with E-state index >= 15 is 0 Å². The van der Waals surface area contributed by atoms with E-state index in [0.717, 1.165) is 32.5 Å². The van der Waals surface area contributed by atoms with Crippen LogP contribution in [0.1, 0.15) is 87.0 Å². The molecule has 0 fully saturated rings. The zero-order valence-electron chi connectivity index (χ0n) is 21.7. The summed E-state index contributed by atoms with van der Waals surface area (Å²) >= 11 is 0. The van der Waals surface area contributed by atoms with E-state index in [1.807, 2.05) is 41.5 Å². The second kappa shape index (κ2) is 16.3. The lowest BCUT2D eigenvalue weighted by Gasteiger charge is -2.27. The molecule has 0 aliphatic carbocycles. The van der Waals surface area contributed by atoms with E-state index in [9.17, 15) is 9.59 Å². The Morgan fingerprint density at radius 2 is 1.31 bits per heavy atom. The SMILES string of the molecule is CCCCCNCCCN(CCCNCCC(N)C(=O)OC(C)(C)C)C(=O)OC(C)(C)C. The molecular formula is C24H50N4O4. The van der Waals surface area contributed by atoms with Crippen molar-refractivity contribution in [2.24, 2.45) is 5.73 Å². The second-order valence-electron chi connectivity index (χ2n) is 10.3. The fourth-order valence-corrected chi connectivity index (χ4v) is 2.91. The maximum absolute atomic E-state index is 12.6. The molecule has 4 N–H and O–H groups in total. The van der Waals surface area contributed by atoms with Crippen LogP contribution in [0.25, 0.3) is 0 Å². The first-order chi connectivity index (χ1) is 14.9. The first kappa shape index (κ1) is 30.6. The second-order valence-corrected chi connectivity index (χ2v) is 10.3. The van der Waals surface area contributed by atoms with Crippen LogP contribution >= 0.6 is 0 Å². The number of esters is 1. The number of rotatable bonds is 16. The van der Waals surface area contributed by atoms with E-state index in [1.54, 1.807) is 4.90 Å². The maximum Gasteiger partial charge on any atom is 0.410 e. The molecule has 8 nitrogen and oxygen atoms in total. The number of nitrogens with zero attached hydrogens (tertiary/aromatic N) is 1. The van der Waals surface area contributed by atoms with Crippen LogP contribution < -0.4 is 16.4 Å². The van der Waals surface area contributed by atoms with Gasteiger partial charge >= 0.3 is 12.1 Å². The van der Waals surface area contributed by atoms with Gasteiger partial charge in [-0.05, 0) is 93.4 Å². The molecule has 0 bridgehead atoms. The molecule has 8 heteroatoms. The van der Waals surface area contributed by atoms with Crippen molar-refractivity contribution in [3.8, 4) is 0 Å². The first-order valence-electron chi connectivity index (χ1n) is 12.2. The molecule has 1 amide bonds. The van der Waals surface area contributed by atoms with Crippen molar-refractivity contribution < 1.29 is 19.1 Å². The van der Waals surface area contributed by atoms with Crippen molar-refractivity contribution in [3.05, 3.63) is 0 Å². The molecule has 0 aromatic heterocycles. The van der Waals surface area contributed by atoms with Gasteiger partial charge in [0.25, 0.3) is 0 Å². The molecule has 0 heterocycles. The number of ether oxygens (including phenoxy) is 2. The van der Waals surface area contributed by atoms with Gasteiger partial charge < -0.3 is 30.7 Å². The molecule has 0 saturated heterocycles. The van der Waals surface area contributed by atoms with Gasteiger partial charge in [0.2, 0.25) is 0 Å². The van der Waals surface area contributed by atoms with Gasteiger partial charge in [0.1, 0.15) is 17.2 Å². The Labute approximate surface area is 196 Å². The molecule has 0 spiro atoms. The summed E-state index contributed by atoms with van der Waals surface area (Å²) in [4.78, 5) is 26.3. The van der Waals surface area contributed by atoms with Crippen LogP contribution in [0.15, 0.2) is 0 Å². The number of carbonyl (C=O) groups excluding carboxylic acids is 2. The van der Waals surface area contributed by atoms with E-state index in [2.05, 4.69) is 17.6 Å². The monoisotopic (exact) mass is 458 g/mol. The normalized spacial score (nSPS) is 13.0. The highest BCUT2D eigenvalue weighted by atomic mass is 16.6. The largest absolute Gasteiger partial charge is 0.459 e. The van der Waals surface area contributed by atoms with E-state index in [1.165, 1.54) is 19.3 Å². The summed E-state index contributed by atoms with van der Waals surface area (Å²) in [5, 5.41) is 6.73. The average Bonchev–Trinajstić information content (AvgIpc) is 2.65. The zero-order valence-corrected chi connectivity index (χ0v) is 21.7. The Bertz CT molecular complexity index is 515. The van der Waals surface area contributed by atoms with Gasteiger partial charge in [-0.1, -0.05) is 19.8 Å². The third-order valence-electron chi connectivity index (χ3n) is 4.51. The number of hydrogen-bond donors (Lipinski definition) is 3. The van der Waals surface area contributed by atoms with Gasteiger partial charge in [-0.25, -0.2) is 4.79 Å². The Morgan fingerprint density at radius 1 is 0.812 bits per heavy atom. The molecule has 1 unspecified atom stereocenters. The lowest BCUT2D eigenvalue weighted by molar-refractivity contribution is -0.156. The number of carbonyl (C=O) groups is 2. The minimum Gasteiger partial charge on any atom is -0.459 e. The van der Waals surface area contributed by atoms with Gasteiger partial charge in [-0.3, -0.25) is 4.79 Å². The van der Waals surface area contributed by atoms with Crippen molar-refractivity contribution in [1.82, 2.24) is 15.5 Å². The Morgan fingerprint density at radius 3 is 1.81 bits per heavy atom. The molecule has 0 radical (unpaired) electrons. The quantitative estimate of drug-likeness (QED) is 0.240. The highest BCUT2D eigenvalue weighted by molar-refractivity contribution is 5.75. The summed E-state index contributed by atoms with van der Waals surface area (Å²) in [6, 6.07) is -0.634. The number of amides is 1. The fourth-order valence-electron chi connectivity index (χ4n) is 2.91. The van der Waals surface area contributed by atoms with Crippen LogP contribution in [0.5, 0.6) is 0 Å². The lowest BCUT2D eigenvalue weighted by atomic mass is 10.1. The number of hydrogen-bond acceptors (Lipinski definition) is 7. The summed E-state index contributed by atoms with van der Waals surface area (Å²) in [5.41, 5.74) is 4.86. The van der Waals surface area contributed by atoms with Crippen LogP contribution in [0.2, 0.25) is 0 Å². The lowest BCUT2D eigenvalue weighted by Crippen LogP contribution is -2.40. The van der Waals surface area contributed by atoms with Crippen LogP contribution in [-0.4, -0.2) is 73.5 Å². The van der Waals surface area contributed by atoms with E-state index < -0.39 is 17.2 Å². The molecule has 0 aromatic rings. The molecule has 32 heavy (non-hydrogen) atoms. The van der Waals surface area contributed by atoms with Crippen LogP contribution in [-0.2, 0) is 14.3 Å². The standard InChI is InChI=1S/C24H50N4O4/c1-8-9-10-14-26-15-11-18-28(22(30)32-24(5,6)7)19-12-16-27-17-13-20(25)21(29)31-23(2,3)4/h20,26-27H,8-19,25H2,1-7H3. The van der Waals surface area contributed by atoms with E-state index in [0.29, 0.717) is 26.1 Å². The highest BCUT2D eigenvalue weighted by Crippen LogP contribution is 2.11. The van der Waals surface area contributed by atoms with Gasteiger partial charge in [0.05, 0.1) is 0 Å². The summed E-state index contributed by atoms with van der Waals surface area (Å²) in [6.45, 7) is 17.9. The van der Waals surface area contributed by atoms with E-state index in [4.69, 9.17) is 15.2 Å². The highest BCUT2D eigenvalue weighted by Gasteiger charge is 2.22. The molecule has 0 aliphatic rings. The molecule has 0 saturated carbocycles.